The van der Waals surface area contributed by atoms with Gasteiger partial charge in [-0.25, -0.2) is 18.7 Å². The third-order valence-electron chi connectivity index (χ3n) is 3.20. The molecule has 0 saturated heterocycles. The van der Waals surface area contributed by atoms with Crippen LogP contribution in [0, 0.1) is 11.6 Å². The highest BCUT2D eigenvalue weighted by Gasteiger charge is 2.21. The quantitative estimate of drug-likeness (QED) is 0.888. The smallest absolute Gasteiger partial charge is 0.191 e. The first kappa shape index (κ1) is 13.9. The number of aromatic nitrogens is 2. The van der Waals surface area contributed by atoms with E-state index in [0.717, 1.165) is 12.8 Å². The molecule has 0 atom stereocenters. The molecule has 1 aromatic heterocycles. The second kappa shape index (κ2) is 6.13. The predicted molar refractivity (Wildman–Crippen MR) is 72.6 cm³/mol. The molecule has 0 radical (unpaired) electrons. The van der Waals surface area contributed by atoms with E-state index in [2.05, 4.69) is 15.3 Å². The van der Waals surface area contributed by atoms with Crippen molar-refractivity contribution in [2.24, 2.45) is 0 Å². The van der Waals surface area contributed by atoms with E-state index in [1.165, 1.54) is 12.1 Å². The zero-order valence-electron chi connectivity index (χ0n) is 11.4. The summed E-state index contributed by atoms with van der Waals surface area (Å²) in [5.74, 6) is -1.44. The molecule has 1 saturated carbocycles. The third kappa shape index (κ3) is 3.72. The average molecular weight is 291 g/mol. The standard InChI is InChI=1S/C15H15F2N3O/c16-12-6-10(8-20-11-2-3-11)7-13(17)15(12)21-9-14-18-4-1-5-19-14/h1,4-7,11,20H,2-3,8-9H2. The molecule has 0 aliphatic heterocycles. The average Bonchev–Trinajstić information content (AvgIpc) is 3.29. The Labute approximate surface area is 121 Å². The van der Waals surface area contributed by atoms with Gasteiger partial charge in [0.25, 0.3) is 0 Å². The topological polar surface area (TPSA) is 47.0 Å². The van der Waals surface area contributed by atoms with Crippen LogP contribution in [0.4, 0.5) is 8.78 Å². The second-order valence-corrected chi connectivity index (χ2v) is 5.00. The fourth-order valence-corrected chi connectivity index (χ4v) is 1.94. The normalized spacial score (nSPS) is 14.2. The van der Waals surface area contributed by atoms with Crippen LogP contribution in [-0.4, -0.2) is 16.0 Å². The van der Waals surface area contributed by atoms with Crippen LogP contribution in [0.5, 0.6) is 5.75 Å². The van der Waals surface area contributed by atoms with E-state index in [9.17, 15) is 8.78 Å². The molecule has 2 aromatic rings. The minimum Gasteiger partial charge on any atom is -0.479 e. The number of benzene rings is 1. The molecule has 1 aliphatic rings. The number of hydrogen-bond donors (Lipinski definition) is 1. The first-order valence-electron chi connectivity index (χ1n) is 6.82. The van der Waals surface area contributed by atoms with Crippen LogP contribution in [0.25, 0.3) is 0 Å². The monoisotopic (exact) mass is 291 g/mol. The summed E-state index contributed by atoms with van der Waals surface area (Å²) < 4.78 is 33.0. The molecule has 1 aliphatic carbocycles. The van der Waals surface area contributed by atoms with Crippen LogP contribution in [0.15, 0.2) is 30.6 Å². The summed E-state index contributed by atoms with van der Waals surface area (Å²) >= 11 is 0. The molecule has 3 rings (SSSR count). The number of nitrogens with zero attached hydrogens (tertiary/aromatic N) is 2. The maximum absolute atomic E-state index is 13.9. The molecule has 0 spiro atoms. The lowest BCUT2D eigenvalue weighted by atomic mass is 10.2. The van der Waals surface area contributed by atoms with Gasteiger partial charge in [0, 0.05) is 25.0 Å². The Morgan fingerprint density at radius 1 is 1.14 bits per heavy atom. The first-order valence-corrected chi connectivity index (χ1v) is 6.82. The lowest BCUT2D eigenvalue weighted by molar-refractivity contribution is 0.265. The fourth-order valence-electron chi connectivity index (χ4n) is 1.94. The maximum Gasteiger partial charge on any atom is 0.191 e. The van der Waals surface area contributed by atoms with Crippen LogP contribution in [0.1, 0.15) is 24.2 Å². The number of nitrogens with one attached hydrogen (secondary N) is 1. The number of ether oxygens (including phenoxy) is 1. The molecule has 110 valence electrons. The molecule has 0 unspecified atom stereocenters. The van der Waals surface area contributed by atoms with E-state index in [0.29, 0.717) is 24.0 Å². The van der Waals surface area contributed by atoms with E-state index in [4.69, 9.17) is 4.74 Å². The van der Waals surface area contributed by atoms with Crippen LogP contribution in [0.2, 0.25) is 0 Å². The summed E-state index contributed by atoms with van der Waals surface area (Å²) in [5, 5.41) is 3.21. The van der Waals surface area contributed by atoms with E-state index in [1.807, 2.05) is 0 Å². The lowest BCUT2D eigenvalue weighted by Crippen LogP contribution is -2.15. The van der Waals surface area contributed by atoms with Crippen molar-refractivity contribution in [2.75, 3.05) is 0 Å². The van der Waals surface area contributed by atoms with Gasteiger partial charge in [0.1, 0.15) is 6.61 Å². The Bertz CT molecular complexity index is 595. The Morgan fingerprint density at radius 3 is 2.43 bits per heavy atom. The molecule has 1 aromatic carbocycles. The molecule has 0 bridgehead atoms. The van der Waals surface area contributed by atoms with E-state index < -0.39 is 17.4 Å². The Hall–Kier alpha value is -2.08. The van der Waals surface area contributed by atoms with Gasteiger partial charge in [0.05, 0.1) is 0 Å². The molecular weight excluding hydrogens is 276 g/mol. The largest absolute Gasteiger partial charge is 0.479 e. The summed E-state index contributed by atoms with van der Waals surface area (Å²) in [6, 6.07) is 4.73. The van der Waals surface area contributed by atoms with Crippen molar-refractivity contribution in [1.29, 1.82) is 0 Å². The van der Waals surface area contributed by atoms with E-state index in [1.54, 1.807) is 18.5 Å². The molecule has 1 fully saturated rings. The van der Waals surface area contributed by atoms with Crippen molar-refractivity contribution in [1.82, 2.24) is 15.3 Å². The van der Waals surface area contributed by atoms with E-state index in [-0.39, 0.29) is 6.61 Å². The Balaban J connectivity index is 1.66. The van der Waals surface area contributed by atoms with Gasteiger partial charge in [0.15, 0.2) is 23.2 Å². The van der Waals surface area contributed by atoms with Crippen LogP contribution < -0.4 is 10.1 Å². The summed E-state index contributed by atoms with van der Waals surface area (Å²) in [6.45, 7) is 0.384. The minimum atomic E-state index is -0.710. The summed E-state index contributed by atoms with van der Waals surface area (Å²) in [7, 11) is 0. The first-order chi connectivity index (χ1) is 10.2. The highest BCUT2D eigenvalue weighted by Crippen LogP contribution is 2.25. The van der Waals surface area contributed by atoms with Crippen molar-refractivity contribution in [2.45, 2.75) is 32.0 Å². The van der Waals surface area contributed by atoms with Gasteiger partial charge in [-0.15, -0.1) is 0 Å². The molecular formula is C15H15F2N3O. The zero-order valence-corrected chi connectivity index (χ0v) is 11.4. The van der Waals surface area contributed by atoms with Gasteiger partial charge in [-0.05, 0) is 36.6 Å². The third-order valence-corrected chi connectivity index (χ3v) is 3.20. The van der Waals surface area contributed by atoms with Crippen LogP contribution >= 0.6 is 0 Å². The van der Waals surface area contributed by atoms with Crippen LogP contribution in [-0.2, 0) is 13.2 Å². The lowest BCUT2D eigenvalue weighted by Gasteiger charge is -2.10. The van der Waals surface area contributed by atoms with Crippen molar-refractivity contribution in [3.8, 4) is 5.75 Å². The van der Waals surface area contributed by atoms with Gasteiger partial charge >= 0.3 is 0 Å². The van der Waals surface area contributed by atoms with Gasteiger partial charge in [-0.2, -0.15) is 0 Å². The molecule has 0 amide bonds. The molecule has 1 N–H and O–H groups in total. The Kier molecular flexibility index (Phi) is 4.06. The second-order valence-electron chi connectivity index (χ2n) is 5.00. The highest BCUT2D eigenvalue weighted by molar-refractivity contribution is 5.31. The van der Waals surface area contributed by atoms with Crippen LogP contribution in [0.3, 0.4) is 0 Å². The van der Waals surface area contributed by atoms with Gasteiger partial charge in [0.2, 0.25) is 0 Å². The minimum absolute atomic E-state index is 0.0750. The molecule has 6 heteroatoms. The predicted octanol–water partition coefficient (Wildman–Crippen LogP) is 2.59. The van der Waals surface area contributed by atoms with Crippen molar-refractivity contribution < 1.29 is 13.5 Å². The fraction of sp³-hybridized carbons (Fsp3) is 0.333. The number of hydrogen-bond acceptors (Lipinski definition) is 4. The van der Waals surface area contributed by atoms with E-state index >= 15 is 0 Å². The summed E-state index contributed by atoms with van der Waals surface area (Å²) in [6.07, 6.45) is 5.35. The summed E-state index contributed by atoms with van der Waals surface area (Å²) in [4.78, 5) is 7.87. The van der Waals surface area contributed by atoms with Crippen molar-refractivity contribution in [3.05, 3.63) is 53.6 Å². The molecule has 4 nitrogen and oxygen atoms in total. The Morgan fingerprint density at radius 2 is 1.81 bits per heavy atom. The van der Waals surface area contributed by atoms with Gasteiger partial charge < -0.3 is 10.1 Å². The zero-order chi connectivity index (χ0) is 14.7. The molecule has 21 heavy (non-hydrogen) atoms. The number of halogens is 2. The van der Waals surface area contributed by atoms with Gasteiger partial charge in [-0.1, -0.05) is 0 Å². The SMILES string of the molecule is Fc1cc(CNC2CC2)cc(F)c1OCc1ncccn1. The van der Waals surface area contributed by atoms with Crippen molar-refractivity contribution >= 4 is 0 Å². The maximum atomic E-state index is 13.9. The highest BCUT2D eigenvalue weighted by atomic mass is 19.1. The van der Waals surface area contributed by atoms with Gasteiger partial charge in [-0.3, -0.25) is 0 Å². The number of rotatable bonds is 6. The molecule has 1 heterocycles. The summed E-state index contributed by atoms with van der Waals surface area (Å²) in [5.41, 5.74) is 0.570. The van der Waals surface area contributed by atoms with Crippen molar-refractivity contribution in [3.63, 3.8) is 0 Å².